The SMILES string of the molecule is O=c1c(Br)c(C(F)(F)F)nc2sc(Br)c(-c3ccc(Br)cc3)n12. The van der Waals surface area contributed by atoms with Crippen LogP contribution >= 0.6 is 59.1 Å². The summed E-state index contributed by atoms with van der Waals surface area (Å²) >= 11 is 10.3. The van der Waals surface area contributed by atoms with E-state index in [0.717, 1.165) is 20.2 Å². The number of hydrogen-bond donors (Lipinski definition) is 0. The number of rotatable bonds is 1. The Morgan fingerprint density at radius 1 is 1.09 bits per heavy atom. The van der Waals surface area contributed by atoms with Gasteiger partial charge in [-0.1, -0.05) is 39.4 Å². The van der Waals surface area contributed by atoms with Crippen molar-refractivity contribution in [3.8, 4) is 11.3 Å². The van der Waals surface area contributed by atoms with E-state index in [1.165, 1.54) is 0 Å². The maximum absolute atomic E-state index is 13.0. The number of halogens is 6. The van der Waals surface area contributed by atoms with E-state index in [9.17, 15) is 18.0 Å². The van der Waals surface area contributed by atoms with Crippen LogP contribution in [0.25, 0.3) is 16.2 Å². The van der Waals surface area contributed by atoms with Crippen LogP contribution in [-0.2, 0) is 6.18 Å². The van der Waals surface area contributed by atoms with Gasteiger partial charge in [0, 0.05) is 10.0 Å². The van der Waals surface area contributed by atoms with Crippen LogP contribution in [0.4, 0.5) is 13.2 Å². The minimum Gasteiger partial charge on any atom is -0.268 e. The molecule has 3 aromatic rings. The van der Waals surface area contributed by atoms with E-state index in [1.54, 1.807) is 24.3 Å². The Balaban J connectivity index is 2.38. The molecule has 0 fully saturated rings. The summed E-state index contributed by atoms with van der Waals surface area (Å²) in [5, 5.41) is 0. The van der Waals surface area contributed by atoms with E-state index in [2.05, 4.69) is 52.8 Å². The lowest BCUT2D eigenvalue weighted by Crippen LogP contribution is -2.22. The molecule has 3 rings (SSSR count). The van der Waals surface area contributed by atoms with Crippen molar-refractivity contribution in [2.45, 2.75) is 6.18 Å². The number of aromatic nitrogens is 2. The van der Waals surface area contributed by atoms with E-state index in [4.69, 9.17) is 0 Å². The Labute approximate surface area is 156 Å². The third kappa shape index (κ3) is 3.01. The summed E-state index contributed by atoms with van der Waals surface area (Å²) in [7, 11) is 0. The van der Waals surface area contributed by atoms with Crippen molar-refractivity contribution in [2.24, 2.45) is 0 Å². The van der Waals surface area contributed by atoms with E-state index in [1.807, 2.05) is 0 Å². The minimum atomic E-state index is -4.71. The van der Waals surface area contributed by atoms with Gasteiger partial charge in [-0.3, -0.25) is 4.79 Å². The lowest BCUT2D eigenvalue weighted by molar-refractivity contribution is -0.141. The Bertz CT molecular complexity index is 964. The largest absolute Gasteiger partial charge is 0.434 e. The van der Waals surface area contributed by atoms with Gasteiger partial charge >= 0.3 is 6.18 Å². The number of alkyl halides is 3. The fourth-order valence-electron chi connectivity index (χ4n) is 2.00. The quantitative estimate of drug-likeness (QED) is 0.401. The van der Waals surface area contributed by atoms with Crippen molar-refractivity contribution in [2.75, 3.05) is 0 Å². The van der Waals surface area contributed by atoms with Crippen molar-refractivity contribution in [1.29, 1.82) is 0 Å². The average molecular weight is 533 g/mol. The molecule has 0 bridgehead atoms. The molecule has 0 radical (unpaired) electrons. The van der Waals surface area contributed by atoms with E-state index < -0.39 is 21.9 Å². The van der Waals surface area contributed by atoms with Crippen LogP contribution in [0.15, 0.2) is 41.8 Å². The minimum absolute atomic E-state index is 0.0321. The molecule has 0 saturated heterocycles. The second-order valence-corrected chi connectivity index (χ2v) is 8.43. The van der Waals surface area contributed by atoms with Gasteiger partial charge in [0.1, 0.15) is 4.47 Å². The van der Waals surface area contributed by atoms with Crippen LogP contribution in [0.1, 0.15) is 5.69 Å². The molecule has 0 saturated carbocycles. The first-order valence-electron chi connectivity index (χ1n) is 5.94. The first-order valence-corrected chi connectivity index (χ1v) is 9.13. The molecule has 23 heavy (non-hydrogen) atoms. The summed E-state index contributed by atoms with van der Waals surface area (Å²) in [6.45, 7) is 0. The molecule has 120 valence electrons. The predicted octanol–water partition coefficient (Wildman–Crippen LogP) is 5.73. The van der Waals surface area contributed by atoms with Crippen LogP contribution in [0.5, 0.6) is 0 Å². The highest BCUT2D eigenvalue weighted by Crippen LogP contribution is 2.38. The van der Waals surface area contributed by atoms with Crippen molar-refractivity contribution in [3.05, 3.63) is 53.0 Å². The molecular weight excluding hydrogens is 529 g/mol. The maximum Gasteiger partial charge on any atom is 0.434 e. The number of fused-ring (bicyclic) bond motifs is 1. The lowest BCUT2D eigenvalue weighted by atomic mass is 10.2. The molecule has 2 heterocycles. The molecule has 0 N–H and O–H groups in total. The first-order chi connectivity index (χ1) is 10.7. The van der Waals surface area contributed by atoms with Crippen LogP contribution in [0.3, 0.4) is 0 Å². The fourth-order valence-corrected chi connectivity index (χ4v) is 4.47. The Morgan fingerprint density at radius 3 is 2.26 bits per heavy atom. The summed E-state index contributed by atoms with van der Waals surface area (Å²) in [5.41, 5.74) is -0.882. The second kappa shape index (κ2) is 5.98. The summed E-state index contributed by atoms with van der Waals surface area (Å²) < 4.78 is 40.9. The highest BCUT2D eigenvalue weighted by atomic mass is 79.9. The van der Waals surface area contributed by atoms with Crippen LogP contribution in [-0.4, -0.2) is 9.38 Å². The molecule has 10 heteroatoms. The summed E-state index contributed by atoms with van der Waals surface area (Å²) in [5.74, 6) is 0. The zero-order valence-corrected chi connectivity index (χ0v) is 16.4. The molecule has 0 spiro atoms. The van der Waals surface area contributed by atoms with Crippen molar-refractivity contribution < 1.29 is 13.2 Å². The Kier molecular flexibility index (Phi) is 4.45. The number of nitrogens with zero attached hydrogens (tertiary/aromatic N) is 2. The fraction of sp³-hybridized carbons (Fsp3) is 0.0769. The lowest BCUT2D eigenvalue weighted by Gasteiger charge is -2.09. The molecule has 3 nitrogen and oxygen atoms in total. The summed E-state index contributed by atoms with van der Waals surface area (Å²) in [6, 6.07) is 7.08. The second-order valence-electron chi connectivity index (χ2n) is 4.43. The van der Waals surface area contributed by atoms with Crippen molar-refractivity contribution >= 4 is 64.1 Å². The van der Waals surface area contributed by atoms with Crippen LogP contribution in [0, 0.1) is 0 Å². The van der Waals surface area contributed by atoms with Gasteiger partial charge in [0.05, 0.1) is 9.48 Å². The molecule has 0 atom stereocenters. The van der Waals surface area contributed by atoms with Crippen molar-refractivity contribution in [3.63, 3.8) is 0 Å². The molecular formula is C13H4Br3F3N2OS. The van der Waals surface area contributed by atoms with Gasteiger partial charge in [-0.2, -0.15) is 13.2 Å². The topological polar surface area (TPSA) is 34.4 Å². The highest BCUT2D eigenvalue weighted by Gasteiger charge is 2.37. The Hall–Kier alpha value is -0.710. The predicted molar refractivity (Wildman–Crippen MR) is 92.9 cm³/mol. The standard InChI is InChI=1S/C13H4Br3F3N2OS/c14-6-3-1-5(2-4-6)8-10(16)23-12-20-9(13(17,18)19)7(15)11(22)21(8)12/h1-4H. The van der Waals surface area contributed by atoms with Gasteiger partial charge in [0.25, 0.3) is 5.56 Å². The number of thiazole rings is 1. The van der Waals surface area contributed by atoms with Gasteiger partial charge in [-0.25, -0.2) is 9.38 Å². The smallest absolute Gasteiger partial charge is 0.268 e. The van der Waals surface area contributed by atoms with Crippen molar-refractivity contribution in [1.82, 2.24) is 9.38 Å². The zero-order valence-electron chi connectivity index (χ0n) is 10.8. The molecule has 0 amide bonds. The van der Waals surface area contributed by atoms with Gasteiger partial charge in [-0.15, -0.1) is 0 Å². The van der Waals surface area contributed by atoms with Crippen LogP contribution < -0.4 is 5.56 Å². The van der Waals surface area contributed by atoms with E-state index >= 15 is 0 Å². The summed E-state index contributed by atoms with van der Waals surface area (Å²) in [4.78, 5) is 16.0. The van der Waals surface area contributed by atoms with Gasteiger partial charge < -0.3 is 0 Å². The van der Waals surface area contributed by atoms with Crippen LogP contribution in [0.2, 0.25) is 0 Å². The van der Waals surface area contributed by atoms with Gasteiger partial charge in [-0.05, 0) is 44.0 Å². The molecule has 0 unspecified atom stereocenters. The molecule has 1 aromatic carbocycles. The monoisotopic (exact) mass is 530 g/mol. The molecule has 0 aliphatic heterocycles. The Morgan fingerprint density at radius 2 is 1.70 bits per heavy atom. The number of benzene rings is 1. The third-order valence-electron chi connectivity index (χ3n) is 2.97. The van der Waals surface area contributed by atoms with Gasteiger partial charge in [0.15, 0.2) is 10.7 Å². The normalized spacial score (nSPS) is 12.1. The zero-order chi connectivity index (χ0) is 16.9. The van der Waals surface area contributed by atoms with E-state index in [-0.39, 0.29) is 4.96 Å². The third-order valence-corrected chi connectivity index (χ3v) is 5.91. The van der Waals surface area contributed by atoms with E-state index in [0.29, 0.717) is 15.0 Å². The molecule has 2 aromatic heterocycles. The average Bonchev–Trinajstić information content (AvgIpc) is 2.79. The molecule has 0 aliphatic rings. The maximum atomic E-state index is 13.0. The van der Waals surface area contributed by atoms with Gasteiger partial charge in [0.2, 0.25) is 0 Å². The number of hydrogen-bond acceptors (Lipinski definition) is 3. The summed E-state index contributed by atoms with van der Waals surface area (Å²) in [6.07, 6.45) is -4.71. The highest BCUT2D eigenvalue weighted by molar-refractivity contribution is 9.11. The molecule has 0 aliphatic carbocycles. The first kappa shape index (κ1) is 17.1.